The molecule has 1 atom stereocenters. The predicted molar refractivity (Wildman–Crippen MR) is 64.8 cm³/mol. The topological polar surface area (TPSA) is 4.93 Å². The maximum absolute atomic E-state index is 2.34. The fourth-order valence-corrected chi connectivity index (χ4v) is 2.54. The van der Waals surface area contributed by atoms with Gasteiger partial charge in [-0.15, -0.1) is 0 Å². The number of hydrogen-bond acceptors (Lipinski definition) is 0. The van der Waals surface area contributed by atoms with Gasteiger partial charge in [-0.2, -0.15) is 0 Å². The van der Waals surface area contributed by atoms with Crippen LogP contribution in [0.25, 0.3) is 17.0 Å². The number of rotatable bonds is 0. The molecule has 1 heterocycles. The highest BCUT2D eigenvalue weighted by atomic mass is 14.9. The Bertz CT molecular complexity index is 546. The number of hydrogen-bond donors (Lipinski definition) is 0. The molecule has 1 nitrogen and oxygen atoms in total. The summed E-state index contributed by atoms with van der Waals surface area (Å²) in [4.78, 5) is 0. The van der Waals surface area contributed by atoms with Gasteiger partial charge in [-0.1, -0.05) is 37.3 Å². The molecule has 0 aliphatic heterocycles. The van der Waals surface area contributed by atoms with E-state index in [1.807, 2.05) is 0 Å². The molecule has 1 aromatic heterocycles. The summed E-state index contributed by atoms with van der Waals surface area (Å²) < 4.78 is 2.34. The second kappa shape index (κ2) is 2.99. The third kappa shape index (κ3) is 1.16. The predicted octanol–water partition coefficient (Wildman–Crippen LogP) is 3.38. The Labute approximate surface area is 90.0 Å². The van der Waals surface area contributed by atoms with Crippen LogP contribution in [0, 0.1) is 5.92 Å². The Balaban J connectivity index is 2.39. The quantitative estimate of drug-likeness (QED) is 0.610. The molecule has 1 aliphatic carbocycles. The highest BCUT2D eigenvalue weighted by Crippen LogP contribution is 2.31. The van der Waals surface area contributed by atoms with Gasteiger partial charge in [0.2, 0.25) is 0 Å². The van der Waals surface area contributed by atoms with Crippen molar-refractivity contribution in [3.05, 3.63) is 41.6 Å². The Morgan fingerprint density at radius 1 is 1.27 bits per heavy atom. The van der Waals surface area contributed by atoms with E-state index in [1.165, 1.54) is 22.2 Å². The Hall–Kier alpha value is -1.50. The zero-order valence-electron chi connectivity index (χ0n) is 9.20. The highest BCUT2D eigenvalue weighted by Gasteiger charge is 2.17. The van der Waals surface area contributed by atoms with Crippen molar-refractivity contribution < 1.29 is 0 Å². The molecule has 0 N–H and O–H groups in total. The SMILES string of the molecule is CC1C=Cc2c(n(C)c3ccccc23)C1. The van der Waals surface area contributed by atoms with Crippen LogP contribution < -0.4 is 0 Å². The monoisotopic (exact) mass is 197 g/mol. The lowest BCUT2D eigenvalue weighted by Gasteiger charge is -2.14. The van der Waals surface area contributed by atoms with Crippen LogP contribution in [0.2, 0.25) is 0 Å². The van der Waals surface area contributed by atoms with Crippen molar-refractivity contribution in [2.24, 2.45) is 13.0 Å². The van der Waals surface area contributed by atoms with E-state index in [1.54, 1.807) is 0 Å². The van der Waals surface area contributed by atoms with Crippen molar-refractivity contribution in [1.82, 2.24) is 4.57 Å². The molecule has 1 heteroatoms. The molecule has 0 saturated carbocycles. The van der Waals surface area contributed by atoms with E-state index in [4.69, 9.17) is 0 Å². The first-order valence-corrected chi connectivity index (χ1v) is 5.52. The number of aromatic nitrogens is 1. The van der Waals surface area contributed by atoms with Crippen LogP contribution in [0.3, 0.4) is 0 Å². The van der Waals surface area contributed by atoms with Crippen molar-refractivity contribution >= 4 is 17.0 Å². The van der Waals surface area contributed by atoms with E-state index in [9.17, 15) is 0 Å². The lowest BCUT2D eigenvalue weighted by atomic mass is 9.95. The summed E-state index contributed by atoms with van der Waals surface area (Å²) in [7, 11) is 2.17. The lowest BCUT2D eigenvalue weighted by molar-refractivity contribution is 0.675. The molecule has 0 saturated heterocycles. The summed E-state index contributed by atoms with van der Waals surface area (Å²) in [6.45, 7) is 2.27. The largest absolute Gasteiger partial charge is 0.347 e. The molecule has 15 heavy (non-hydrogen) atoms. The van der Waals surface area contributed by atoms with E-state index >= 15 is 0 Å². The van der Waals surface area contributed by atoms with Crippen molar-refractivity contribution in [3.8, 4) is 0 Å². The van der Waals surface area contributed by atoms with Gasteiger partial charge in [0.1, 0.15) is 0 Å². The van der Waals surface area contributed by atoms with Gasteiger partial charge >= 0.3 is 0 Å². The summed E-state index contributed by atoms with van der Waals surface area (Å²) in [5.41, 5.74) is 4.25. The molecule has 0 radical (unpaired) electrons. The Morgan fingerprint density at radius 3 is 2.93 bits per heavy atom. The van der Waals surface area contributed by atoms with Gasteiger partial charge in [0.25, 0.3) is 0 Å². The van der Waals surface area contributed by atoms with Crippen LogP contribution in [-0.4, -0.2) is 4.57 Å². The third-order valence-electron chi connectivity index (χ3n) is 3.38. The van der Waals surface area contributed by atoms with Crippen LogP contribution in [0.4, 0.5) is 0 Å². The third-order valence-corrected chi connectivity index (χ3v) is 3.38. The van der Waals surface area contributed by atoms with Crippen LogP contribution in [0.5, 0.6) is 0 Å². The highest BCUT2D eigenvalue weighted by molar-refractivity contribution is 5.91. The molecule has 0 spiro atoms. The summed E-state index contributed by atoms with van der Waals surface area (Å²) in [5.74, 6) is 0.667. The van der Waals surface area contributed by atoms with Crippen LogP contribution in [0.15, 0.2) is 30.3 Å². The molecule has 0 amide bonds. The van der Waals surface area contributed by atoms with E-state index in [0.717, 1.165) is 6.42 Å². The minimum atomic E-state index is 0.667. The average Bonchev–Trinajstić information content (AvgIpc) is 2.54. The summed E-state index contributed by atoms with van der Waals surface area (Å²) in [6.07, 6.45) is 5.76. The van der Waals surface area contributed by atoms with Crippen molar-refractivity contribution in [3.63, 3.8) is 0 Å². The van der Waals surface area contributed by atoms with Gasteiger partial charge in [0.05, 0.1) is 0 Å². The molecular formula is C14H15N. The molecule has 0 bridgehead atoms. The van der Waals surface area contributed by atoms with Gasteiger partial charge in [-0.05, 0) is 18.4 Å². The fraction of sp³-hybridized carbons (Fsp3) is 0.286. The number of allylic oxidation sites excluding steroid dienone is 1. The standard InChI is InChI=1S/C14H15N/c1-10-7-8-12-11-5-3-4-6-13(11)15(2)14(12)9-10/h3-8,10H,9H2,1-2H3. The molecule has 76 valence electrons. The molecule has 1 aromatic carbocycles. The zero-order valence-corrected chi connectivity index (χ0v) is 9.20. The number of benzene rings is 1. The van der Waals surface area contributed by atoms with Gasteiger partial charge in [0.15, 0.2) is 0 Å². The number of nitrogens with zero attached hydrogens (tertiary/aromatic N) is 1. The van der Waals surface area contributed by atoms with Crippen molar-refractivity contribution in [2.45, 2.75) is 13.3 Å². The smallest absolute Gasteiger partial charge is 0.0486 e. The van der Waals surface area contributed by atoms with Crippen molar-refractivity contribution in [1.29, 1.82) is 0 Å². The molecule has 2 aromatic rings. The summed E-state index contributed by atoms with van der Waals surface area (Å²) in [6, 6.07) is 8.65. The number of fused-ring (bicyclic) bond motifs is 3. The zero-order chi connectivity index (χ0) is 10.4. The first-order chi connectivity index (χ1) is 7.27. The summed E-state index contributed by atoms with van der Waals surface area (Å²) >= 11 is 0. The van der Waals surface area contributed by atoms with E-state index < -0.39 is 0 Å². The fourth-order valence-electron chi connectivity index (χ4n) is 2.54. The molecule has 3 rings (SSSR count). The first-order valence-electron chi connectivity index (χ1n) is 5.52. The molecular weight excluding hydrogens is 182 g/mol. The minimum Gasteiger partial charge on any atom is -0.347 e. The molecule has 1 aliphatic rings. The van der Waals surface area contributed by atoms with E-state index in [-0.39, 0.29) is 0 Å². The minimum absolute atomic E-state index is 0.667. The normalized spacial score (nSPS) is 19.5. The van der Waals surface area contributed by atoms with E-state index in [0.29, 0.717) is 5.92 Å². The van der Waals surface area contributed by atoms with Crippen LogP contribution in [-0.2, 0) is 13.5 Å². The van der Waals surface area contributed by atoms with Crippen LogP contribution >= 0.6 is 0 Å². The van der Waals surface area contributed by atoms with Gasteiger partial charge in [-0.25, -0.2) is 0 Å². The van der Waals surface area contributed by atoms with Crippen LogP contribution in [0.1, 0.15) is 18.2 Å². The first kappa shape index (κ1) is 8.78. The molecule has 0 fully saturated rings. The maximum atomic E-state index is 2.34. The lowest BCUT2D eigenvalue weighted by Crippen LogP contribution is -2.06. The Morgan fingerprint density at radius 2 is 2.07 bits per heavy atom. The van der Waals surface area contributed by atoms with Crippen molar-refractivity contribution in [2.75, 3.05) is 0 Å². The molecule has 1 unspecified atom stereocenters. The number of aryl methyl sites for hydroxylation is 1. The maximum Gasteiger partial charge on any atom is 0.0486 e. The van der Waals surface area contributed by atoms with Gasteiger partial charge in [-0.3, -0.25) is 0 Å². The second-order valence-electron chi connectivity index (χ2n) is 4.48. The van der Waals surface area contributed by atoms with Gasteiger partial charge < -0.3 is 4.57 Å². The summed E-state index contributed by atoms with van der Waals surface area (Å²) in [5, 5.41) is 1.39. The second-order valence-corrected chi connectivity index (χ2v) is 4.48. The Kier molecular flexibility index (Phi) is 1.75. The number of para-hydroxylation sites is 1. The van der Waals surface area contributed by atoms with E-state index in [2.05, 4.69) is 55.0 Å². The van der Waals surface area contributed by atoms with Gasteiger partial charge in [0, 0.05) is 29.2 Å². The average molecular weight is 197 g/mol.